The van der Waals surface area contributed by atoms with Crippen molar-refractivity contribution >= 4 is 21.6 Å². The van der Waals surface area contributed by atoms with Gasteiger partial charge in [-0.15, -0.1) is 0 Å². The molecule has 0 spiro atoms. The highest BCUT2D eigenvalue weighted by Gasteiger charge is 2.39. The van der Waals surface area contributed by atoms with Crippen molar-refractivity contribution in [1.82, 2.24) is 4.31 Å². The smallest absolute Gasteiger partial charge is 0.245 e. The zero-order valence-corrected chi connectivity index (χ0v) is 16.0. The molecule has 0 aromatic heterocycles. The van der Waals surface area contributed by atoms with E-state index in [9.17, 15) is 13.2 Å². The number of hydrogen-bond donors (Lipinski definition) is 0. The molecular weight excluding hydrogens is 336 g/mol. The summed E-state index contributed by atoms with van der Waals surface area (Å²) in [6.45, 7) is 5.17. The molecule has 2 aliphatic rings. The van der Waals surface area contributed by atoms with E-state index in [2.05, 4.69) is 13.0 Å². The maximum atomic E-state index is 13.3. The number of hydrogen-bond acceptors (Lipinski definition) is 3. The Morgan fingerprint density at radius 2 is 1.92 bits per heavy atom. The number of nitrogens with zero attached hydrogens (tertiary/aromatic N) is 2. The summed E-state index contributed by atoms with van der Waals surface area (Å²) >= 11 is 0. The Kier molecular flexibility index (Phi) is 5.49. The Bertz CT molecular complexity index is 732. The molecule has 1 aromatic rings. The molecule has 25 heavy (non-hydrogen) atoms. The van der Waals surface area contributed by atoms with Gasteiger partial charge in [0.15, 0.2) is 0 Å². The molecular formula is C19H28N2O3S. The van der Waals surface area contributed by atoms with E-state index in [0.717, 1.165) is 24.9 Å². The predicted molar refractivity (Wildman–Crippen MR) is 100 cm³/mol. The number of carbonyl (C=O) groups excluding carboxylic acids is 1. The van der Waals surface area contributed by atoms with Crippen LogP contribution in [0, 0.1) is 0 Å². The molecule has 0 N–H and O–H groups in total. The van der Waals surface area contributed by atoms with Crippen LogP contribution in [0.15, 0.2) is 24.3 Å². The van der Waals surface area contributed by atoms with Gasteiger partial charge in [0.1, 0.15) is 6.04 Å². The molecule has 0 aliphatic carbocycles. The second-order valence-electron chi connectivity index (χ2n) is 7.18. The van der Waals surface area contributed by atoms with E-state index in [1.165, 1.54) is 9.87 Å². The third-order valence-corrected chi connectivity index (χ3v) is 7.44. The number of anilines is 1. The van der Waals surface area contributed by atoms with Crippen molar-refractivity contribution in [3.8, 4) is 0 Å². The summed E-state index contributed by atoms with van der Waals surface area (Å²) in [7, 11) is -3.37. The fraction of sp³-hybridized carbons (Fsp3) is 0.632. The molecule has 0 saturated carbocycles. The molecule has 2 aliphatic heterocycles. The first-order valence-electron chi connectivity index (χ1n) is 9.35. The van der Waals surface area contributed by atoms with Gasteiger partial charge < -0.3 is 4.90 Å². The molecule has 1 fully saturated rings. The van der Waals surface area contributed by atoms with Crippen molar-refractivity contribution < 1.29 is 13.2 Å². The monoisotopic (exact) mass is 364 g/mol. The number of sulfonamides is 1. The van der Waals surface area contributed by atoms with Crippen LogP contribution in [-0.4, -0.2) is 43.5 Å². The van der Waals surface area contributed by atoms with Crippen molar-refractivity contribution in [3.63, 3.8) is 0 Å². The fourth-order valence-corrected chi connectivity index (χ4v) is 5.76. The van der Waals surface area contributed by atoms with E-state index >= 15 is 0 Å². The summed E-state index contributed by atoms with van der Waals surface area (Å²) in [5.41, 5.74) is 2.13. The van der Waals surface area contributed by atoms with E-state index < -0.39 is 16.1 Å². The zero-order valence-electron chi connectivity index (χ0n) is 15.1. The van der Waals surface area contributed by atoms with Crippen molar-refractivity contribution in [2.24, 2.45) is 0 Å². The Morgan fingerprint density at radius 1 is 1.16 bits per heavy atom. The van der Waals surface area contributed by atoms with Crippen molar-refractivity contribution in [3.05, 3.63) is 29.8 Å². The molecule has 138 valence electrons. The van der Waals surface area contributed by atoms with Gasteiger partial charge in [0, 0.05) is 18.8 Å². The van der Waals surface area contributed by atoms with Crippen LogP contribution < -0.4 is 4.90 Å². The highest BCUT2D eigenvalue weighted by atomic mass is 32.2. The number of piperidine rings is 1. The zero-order chi connectivity index (χ0) is 18.0. The van der Waals surface area contributed by atoms with Crippen molar-refractivity contribution in [1.29, 1.82) is 0 Å². The minimum Gasteiger partial charge on any atom is -0.311 e. The Hall–Kier alpha value is -1.40. The van der Waals surface area contributed by atoms with Crippen molar-refractivity contribution in [2.45, 2.75) is 57.9 Å². The molecule has 3 rings (SSSR count). The minimum atomic E-state index is -3.37. The lowest BCUT2D eigenvalue weighted by Crippen LogP contribution is -2.54. The highest BCUT2D eigenvalue weighted by molar-refractivity contribution is 7.89. The number of amides is 1. The van der Waals surface area contributed by atoms with Gasteiger partial charge in [0.25, 0.3) is 0 Å². The Morgan fingerprint density at radius 3 is 2.68 bits per heavy atom. The quantitative estimate of drug-likeness (QED) is 0.825. The van der Waals surface area contributed by atoms with Crippen LogP contribution in [-0.2, 0) is 14.8 Å². The minimum absolute atomic E-state index is 0.0567. The molecule has 1 saturated heterocycles. The second-order valence-corrected chi connectivity index (χ2v) is 9.22. The van der Waals surface area contributed by atoms with Crippen LogP contribution in [0.1, 0.15) is 57.4 Å². The topological polar surface area (TPSA) is 57.7 Å². The summed E-state index contributed by atoms with van der Waals surface area (Å²) in [5, 5.41) is 0. The number of para-hydroxylation sites is 1. The summed E-state index contributed by atoms with van der Waals surface area (Å²) < 4.78 is 26.7. The molecule has 1 aromatic carbocycles. The SMILES string of the molecule is CCCS(=O)(=O)N1CCCCC1C(=O)N1CCC(C)c2ccccc21. The van der Waals surface area contributed by atoms with Gasteiger partial charge in [-0.3, -0.25) is 4.79 Å². The van der Waals surface area contributed by atoms with E-state index in [1.54, 1.807) is 0 Å². The predicted octanol–water partition coefficient (Wildman–Crippen LogP) is 3.12. The maximum absolute atomic E-state index is 13.3. The summed E-state index contributed by atoms with van der Waals surface area (Å²) in [6.07, 6.45) is 3.85. The van der Waals surface area contributed by atoms with Crippen molar-refractivity contribution in [2.75, 3.05) is 23.7 Å². The first kappa shape index (κ1) is 18.4. The Balaban J connectivity index is 1.90. The fourth-order valence-electron chi connectivity index (χ4n) is 4.02. The molecule has 5 nitrogen and oxygen atoms in total. The van der Waals surface area contributed by atoms with Gasteiger partial charge in [-0.25, -0.2) is 8.42 Å². The van der Waals surface area contributed by atoms with Gasteiger partial charge in [-0.05, 0) is 43.2 Å². The standard InChI is InChI=1S/C19H28N2O3S/c1-3-14-25(23,24)21-12-7-6-10-18(21)19(22)20-13-11-15(2)16-8-4-5-9-17(16)20/h4-5,8-9,15,18H,3,6-7,10-14H2,1-2H3. The van der Waals surface area contributed by atoms with Crippen LogP contribution >= 0.6 is 0 Å². The number of benzene rings is 1. The first-order chi connectivity index (χ1) is 12.0. The molecule has 2 unspecified atom stereocenters. The Labute approximate surface area is 151 Å². The molecule has 0 bridgehead atoms. The molecule has 6 heteroatoms. The van der Waals surface area contributed by atoms with Crippen LogP contribution in [0.5, 0.6) is 0 Å². The number of fused-ring (bicyclic) bond motifs is 1. The lowest BCUT2D eigenvalue weighted by Gasteiger charge is -2.39. The summed E-state index contributed by atoms with van der Waals surface area (Å²) in [5.74, 6) is 0.481. The van der Waals surface area contributed by atoms with Gasteiger partial charge in [-0.2, -0.15) is 4.31 Å². The first-order valence-corrected chi connectivity index (χ1v) is 11.0. The lowest BCUT2D eigenvalue weighted by molar-refractivity contribution is -0.123. The highest BCUT2D eigenvalue weighted by Crippen LogP contribution is 2.36. The lowest BCUT2D eigenvalue weighted by atomic mass is 9.90. The van der Waals surface area contributed by atoms with E-state index in [1.807, 2.05) is 30.0 Å². The van der Waals surface area contributed by atoms with Crippen LogP contribution in [0.25, 0.3) is 0 Å². The maximum Gasteiger partial charge on any atom is 0.245 e. The van der Waals surface area contributed by atoms with Gasteiger partial charge in [0.05, 0.1) is 5.75 Å². The normalized spacial score (nSPS) is 24.8. The molecule has 2 heterocycles. The van der Waals surface area contributed by atoms with E-state index in [0.29, 0.717) is 31.8 Å². The average molecular weight is 365 g/mol. The molecule has 2 atom stereocenters. The molecule has 0 radical (unpaired) electrons. The number of rotatable bonds is 4. The van der Waals surface area contributed by atoms with Crippen LogP contribution in [0.3, 0.4) is 0 Å². The van der Waals surface area contributed by atoms with Gasteiger partial charge >= 0.3 is 0 Å². The third-order valence-electron chi connectivity index (χ3n) is 5.37. The van der Waals surface area contributed by atoms with E-state index in [-0.39, 0.29) is 11.7 Å². The summed E-state index contributed by atoms with van der Waals surface area (Å²) in [4.78, 5) is 15.1. The number of carbonyl (C=O) groups is 1. The summed E-state index contributed by atoms with van der Waals surface area (Å²) in [6, 6.07) is 7.46. The largest absolute Gasteiger partial charge is 0.311 e. The van der Waals surface area contributed by atoms with Gasteiger partial charge in [-0.1, -0.05) is 38.5 Å². The third kappa shape index (κ3) is 3.60. The van der Waals surface area contributed by atoms with Crippen LogP contribution in [0.4, 0.5) is 5.69 Å². The van der Waals surface area contributed by atoms with Crippen LogP contribution in [0.2, 0.25) is 0 Å². The molecule has 1 amide bonds. The second kappa shape index (κ2) is 7.46. The van der Waals surface area contributed by atoms with E-state index in [4.69, 9.17) is 0 Å². The average Bonchev–Trinajstić information content (AvgIpc) is 2.62. The van der Waals surface area contributed by atoms with Gasteiger partial charge in [0.2, 0.25) is 15.9 Å².